The highest BCUT2D eigenvalue weighted by Crippen LogP contribution is 2.03. The fourth-order valence-corrected chi connectivity index (χ4v) is 0.558. The maximum atomic E-state index is 10.8. The van der Waals surface area contributed by atoms with E-state index in [1.54, 1.807) is 13.0 Å². The predicted molar refractivity (Wildman–Crippen MR) is 40.3 cm³/mol. The fraction of sp³-hybridized carbons (Fsp3) is 0.500. The van der Waals surface area contributed by atoms with Gasteiger partial charge in [0.15, 0.2) is 0 Å². The maximum Gasteiger partial charge on any atom is 0.309 e. The van der Waals surface area contributed by atoms with Crippen molar-refractivity contribution in [1.82, 2.24) is 0 Å². The van der Waals surface area contributed by atoms with Gasteiger partial charge in [-0.2, -0.15) is 0 Å². The molecule has 10 heavy (non-hydrogen) atoms. The minimum Gasteiger partial charge on any atom is -0.466 e. The summed E-state index contributed by atoms with van der Waals surface area (Å²) in [5, 5.41) is 0. The molecule has 0 rings (SSSR count). The Bertz CT molecular complexity index is 118. The van der Waals surface area contributed by atoms with Crippen LogP contribution in [0.3, 0.4) is 0 Å². The van der Waals surface area contributed by atoms with E-state index in [9.17, 15) is 4.79 Å². The van der Waals surface area contributed by atoms with Gasteiger partial charge in [0, 0.05) is 0 Å². The molecule has 0 heterocycles. The number of hydrogen-bond donors (Lipinski definition) is 0. The van der Waals surface area contributed by atoms with Crippen molar-refractivity contribution in [2.45, 2.75) is 13.3 Å². The number of ether oxygens (including phenoxy) is 1. The summed E-state index contributed by atoms with van der Waals surface area (Å²) in [6.45, 7) is 9.29. The quantitative estimate of drug-likeness (QED) is 0.439. The molecule has 0 aromatic heterocycles. The molecule has 0 aliphatic carbocycles. The molecular formula is C8H13O2. The summed E-state index contributed by atoms with van der Waals surface area (Å²) in [6.07, 6.45) is 2.24. The SMILES string of the molecule is [CH2]C(CC=C)C(=O)OCC. The van der Waals surface area contributed by atoms with Crippen molar-refractivity contribution in [2.75, 3.05) is 6.61 Å². The van der Waals surface area contributed by atoms with Crippen molar-refractivity contribution in [2.24, 2.45) is 5.92 Å². The topological polar surface area (TPSA) is 26.3 Å². The molecule has 57 valence electrons. The van der Waals surface area contributed by atoms with Crippen LogP contribution < -0.4 is 0 Å². The van der Waals surface area contributed by atoms with Gasteiger partial charge >= 0.3 is 5.97 Å². The van der Waals surface area contributed by atoms with Crippen LogP contribution in [0.1, 0.15) is 13.3 Å². The lowest BCUT2D eigenvalue weighted by atomic mass is 10.1. The van der Waals surface area contributed by atoms with E-state index in [0.29, 0.717) is 13.0 Å². The Morgan fingerprint density at radius 1 is 1.80 bits per heavy atom. The van der Waals surface area contributed by atoms with Crippen molar-refractivity contribution in [3.63, 3.8) is 0 Å². The standard InChI is InChI=1S/C8H13O2/c1-4-6-7(3)8(9)10-5-2/h4,7H,1,3,5-6H2,2H3. The van der Waals surface area contributed by atoms with Crippen molar-refractivity contribution in [1.29, 1.82) is 0 Å². The largest absolute Gasteiger partial charge is 0.466 e. The van der Waals surface area contributed by atoms with Gasteiger partial charge in [0.2, 0.25) is 0 Å². The monoisotopic (exact) mass is 141 g/mol. The highest BCUT2D eigenvalue weighted by molar-refractivity contribution is 5.73. The number of carbonyl (C=O) groups excluding carboxylic acids is 1. The zero-order valence-corrected chi connectivity index (χ0v) is 6.30. The van der Waals surface area contributed by atoms with Crippen LogP contribution in [0.15, 0.2) is 12.7 Å². The Kier molecular flexibility index (Phi) is 4.63. The number of hydrogen-bond acceptors (Lipinski definition) is 2. The van der Waals surface area contributed by atoms with Crippen molar-refractivity contribution in [3.8, 4) is 0 Å². The molecule has 2 heteroatoms. The smallest absolute Gasteiger partial charge is 0.309 e. The number of esters is 1. The van der Waals surface area contributed by atoms with E-state index >= 15 is 0 Å². The molecule has 0 saturated heterocycles. The Morgan fingerprint density at radius 3 is 2.80 bits per heavy atom. The fourth-order valence-electron chi connectivity index (χ4n) is 0.558. The van der Waals surface area contributed by atoms with Crippen LogP contribution in [0.25, 0.3) is 0 Å². The summed E-state index contributed by atoms with van der Waals surface area (Å²) in [6, 6.07) is 0. The molecule has 0 saturated carbocycles. The van der Waals surface area contributed by atoms with E-state index < -0.39 is 0 Å². The molecule has 0 aliphatic heterocycles. The average molecular weight is 141 g/mol. The molecule has 1 unspecified atom stereocenters. The molecule has 0 bridgehead atoms. The van der Waals surface area contributed by atoms with Crippen LogP contribution in [-0.4, -0.2) is 12.6 Å². The van der Waals surface area contributed by atoms with Crippen molar-refractivity contribution in [3.05, 3.63) is 19.6 Å². The highest BCUT2D eigenvalue weighted by atomic mass is 16.5. The third-order valence-electron chi connectivity index (χ3n) is 1.07. The van der Waals surface area contributed by atoms with Crippen LogP contribution in [-0.2, 0) is 9.53 Å². The van der Waals surface area contributed by atoms with E-state index in [-0.39, 0.29) is 11.9 Å². The molecule has 0 aromatic rings. The van der Waals surface area contributed by atoms with E-state index in [1.807, 2.05) is 0 Å². The summed E-state index contributed by atoms with van der Waals surface area (Å²) in [5.74, 6) is -0.542. The van der Waals surface area contributed by atoms with Gasteiger partial charge in [0.05, 0.1) is 12.5 Å². The van der Waals surface area contributed by atoms with Crippen LogP contribution in [0.5, 0.6) is 0 Å². The second-order valence-corrected chi connectivity index (χ2v) is 1.97. The summed E-state index contributed by atoms with van der Waals surface area (Å²) >= 11 is 0. The van der Waals surface area contributed by atoms with Gasteiger partial charge in [-0.15, -0.1) is 6.58 Å². The van der Waals surface area contributed by atoms with Gasteiger partial charge in [0.25, 0.3) is 0 Å². The molecule has 1 atom stereocenters. The number of allylic oxidation sites excluding steroid dienone is 1. The predicted octanol–water partition coefficient (Wildman–Crippen LogP) is 1.58. The Labute approximate surface area is 61.9 Å². The first-order chi connectivity index (χ1) is 4.72. The number of carbonyl (C=O) groups is 1. The summed E-state index contributed by atoms with van der Waals surface area (Å²) in [4.78, 5) is 10.8. The molecule has 0 N–H and O–H groups in total. The van der Waals surface area contributed by atoms with Crippen molar-refractivity contribution >= 4 is 5.97 Å². The molecule has 2 nitrogen and oxygen atoms in total. The first kappa shape index (κ1) is 9.21. The molecule has 1 radical (unpaired) electrons. The van der Waals surface area contributed by atoms with Gasteiger partial charge in [0.1, 0.15) is 0 Å². The lowest BCUT2D eigenvalue weighted by molar-refractivity contribution is -0.146. The zero-order valence-electron chi connectivity index (χ0n) is 6.30. The minimum atomic E-state index is -0.294. The molecule has 0 amide bonds. The third-order valence-corrected chi connectivity index (χ3v) is 1.07. The van der Waals surface area contributed by atoms with Crippen molar-refractivity contribution < 1.29 is 9.53 Å². The number of rotatable bonds is 4. The minimum absolute atomic E-state index is 0.248. The summed E-state index contributed by atoms with van der Waals surface area (Å²) in [7, 11) is 0. The molecule has 0 fully saturated rings. The van der Waals surface area contributed by atoms with E-state index in [2.05, 4.69) is 13.5 Å². The Morgan fingerprint density at radius 2 is 2.40 bits per heavy atom. The van der Waals surface area contributed by atoms with E-state index in [0.717, 1.165) is 0 Å². The Hall–Kier alpha value is -0.790. The van der Waals surface area contributed by atoms with Gasteiger partial charge in [-0.1, -0.05) is 6.08 Å². The van der Waals surface area contributed by atoms with E-state index in [4.69, 9.17) is 4.74 Å². The zero-order chi connectivity index (χ0) is 7.98. The van der Waals surface area contributed by atoms with Gasteiger partial charge < -0.3 is 4.74 Å². The lowest BCUT2D eigenvalue weighted by Crippen LogP contribution is -2.13. The molecule has 0 spiro atoms. The van der Waals surface area contributed by atoms with Crippen LogP contribution in [0.4, 0.5) is 0 Å². The van der Waals surface area contributed by atoms with Gasteiger partial charge in [-0.25, -0.2) is 0 Å². The average Bonchev–Trinajstić information content (AvgIpc) is 1.89. The van der Waals surface area contributed by atoms with Crippen LogP contribution in [0, 0.1) is 12.8 Å². The summed E-state index contributed by atoms with van der Waals surface area (Å²) in [5.41, 5.74) is 0. The normalized spacial score (nSPS) is 12.2. The van der Waals surface area contributed by atoms with Crippen LogP contribution in [0.2, 0.25) is 0 Å². The first-order valence-electron chi connectivity index (χ1n) is 3.33. The van der Waals surface area contributed by atoms with Gasteiger partial charge in [-0.3, -0.25) is 4.79 Å². The molecule has 0 aliphatic rings. The van der Waals surface area contributed by atoms with E-state index in [1.165, 1.54) is 0 Å². The Balaban J connectivity index is 3.58. The lowest BCUT2D eigenvalue weighted by Gasteiger charge is -2.06. The highest BCUT2D eigenvalue weighted by Gasteiger charge is 2.10. The molecular weight excluding hydrogens is 128 g/mol. The molecule has 0 aromatic carbocycles. The van der Waals surface area contributed by atoms with Crippen LogP contribution >= 0.6 is 0 Å². The maximum absolute atomic E-state index is 10.8. The first-order valence-corrected chi connectivity index (χ1v) is 3.33. The second kappa shape index (κ2) is 5.03. The second-order valence-electron chi connectivity index (χ2n) is 1.97. The van der Waals surface area contributed by atoms with Gasteiger partial charge in [-0.05, 0) is 20.3 Å². The summed E-state index contributed by atoms with van der Waals surface area (Å²) < 4.78 is 4.71. The third kappa shape index (κ3) is 3.28.